The van der Waals surface area contributed by atoms with E-state index < -0.39 is 0 Å². The second-order valence-electron chi connectivity index (χ2n) is 8.67. The summed E-state index contributed by atoms with van der Waals surface area (Å²) >= 11 is 0. The molecule has 0 saturated heterocycles. The summed E-state index contributed by atoms with van der Waals surface area (Å²) < 4.78 is 2.08. The van der Waals surface area contributed by atoms with Gasteiger partial charge in [-0.25, -0.2) is 9.67 Å². The number of hydrogen-bond acceptors (Lipinski definition) is 5. The van der Waals surface area contributed by atoms with E-state index in [4.69, 9.17) is 0 Å². The molecular formula is C22H30N6O. The van der Waals surface area contributed by atoms with Crippen LogP contribution in [0, 0.1) is 5.92 Å². The van der Waals surface area contributed by atoms with Crippen LogP contribution in [0.2, 0.25) is 0 Å². The number of hydrogen-bond donors (Lipinski definition) is 3. The minimum atomic E-state index is 0.268. The molecule has 2 aromatic rings. The van der Waals surface area contributed by atoms with E-state index in [1.165, 1.54) is 6.42 Å². The van der Waals surface area contributed by atoms with Crippen molar-refractivity contribution in [1.82, 2.24) is 20.1 Å². The first-order valence-corrected chi connectivity index (χ1v) is 11.1. The maximum atomic E-state index is 12.0. The molecule has 0 aromatic carbocycles. The molecule has 0 atom stereocenters. The maximum absolute atomic E-state index is 12.0. The van der Waals surface area contributed by atoms with Gasteiger partial charge in [-0.3, -0.25) is 4.79 Å². The lowest BCUT2D eigenvalue weighted by atomic mass is 9.91. The number of aromatic nitrogens is 3. The van der Waals surface area contributed by atoms with Gasteiger partial charge < -0.3 is 16.0 Å². The fourth-order valence-electron chi connectivity index (χ4n) is 4.48. The molecule has 3 aliphatic rings. The predicted molar refractivity (Wildman–Crippen MR) is 114 cm³/mol. The Hall–Kier alpha value is -2.57. The van der Waals surface area contributed by atoms with Crippen LogP contribution < -0.4 is 16.0 Å². The number of aryl methyl sites for hydroxylation is 1. The van der Waals surface area contributed by atoms with Gasteiger partial charge in [0.15, 0.2) is 0 Å². The van der Waals surface area contributed by atoms with Gasteiger partial charge in [0.05, 0.1) is 6.20 Å². The average Bonchev–Trinajstić information content (AvgIpc) is 3.55. The Labute approximate surface area is 171 Å². The number of anilines is 2. The molecule has 3 heterocycles. The van der Waals surface area contributed by atoms with Crippen molar-refractivity contribution >= 4 is 17.5 Å². The third-order valence-corrected chi connectivity index (χ3v) is 6.37. The number of pyridine rings is 1. The summed E-state index contributed by atoms with van der Waals surface area (Å²) in [7, 11) is 0. The van der Waals surface area contributed by atoms with E-state index in [9.17, 15) is 4.79 Å². The van der Waals surface area contributed by atoms with Crippen molar-refractivity contribution in [3.05, 3.63) is 24.5 Å². The van der Waals surface area contributed by atoms with Gasteiger partial charge in [0.2, 0.25) is 5.91 Å². The van der Waals surface area contributed by atoms with Crippen molar-refractivity contribution in [2.45, 2.75) is 70.0 Å². The number of nitrogens with zero attached hydrogens (tertiary/aromatic N) is 3. The highest BCUT2D eigenvalue weighted by Gasteiger charge is 2.32. The Balaban J connectivity index is 1.21. The zero-order chi connectivity index (χ0) is 19.6. The quantitative estimate of drug-likeness (QED) is 0.724. The Kier molecular flexibility index (Phi) is 5.12. The summed E-state index contributed by atoms with van der Waals surface area (Å²) in [4.78, 5) is 16.5. The lowest BCUT2D eigenvalue weighted by Crippen LogP contribution is -2.40. The van der Waals surface area contributed by atoms with Gasteiger partial charge in [-0.05, 0) is 69.1 Å². The van der Waals surface area contributed by atoms with Crippen molar-refractivity contribution in [3.8, 4) is 11.1 Å². The van der Waals surface area contributed by atoms with Crippen LogP contribution in [0.4, 0.5) is 11.6 Å². The molecule has 0 spiro atoms. The molecule has 0 unspecified atom stereocenters. The third kappa shape index (κ3) is 4.23. The smallest absolute Gasteiger partial charge is 0.223 e. The van der Waals surface area contributed by atoms with Gasteiger partial charge in [0.25, 0.3) is 0 Å². The average molecular weight is 395 g/mol. The minimum Gasteiger partial charge on any atom is -0.370 e. The van der Waals surface area contributed by atoms with Gasteiger partial charge >= 0.3 is 0 Å². The van der Waals surface area contributed by atoms with Crippen LogP contribution in [0.25, 0.3) is 11.1 Å². The predicted octanol–water partition coefficient (Wildman–Crippen LogP) is 3.40. The lowest BCUT2D eigenvalue weighted by Gasteiger charge is -2.30. The lowest BCUT2D eigenvalue weighted by molar-refractivity contribution is -0.123. The molecule has 1 aliphatic heterocycles. The van der Waals surface area contributed by atoms with E-state index >= 15 is 0 Å². The second kappa shape index (κ2) is 8.05. The molecule has 2 aliphatic carbocycles. The normalized spacial score (nSPS) is 24.1. The molecule has 2 fully saturated rings. The molecule has 0 radical (unpaired) electrons. The highest BCUT2D eigenvalue weighted by Crippen LogP contribution is 2.32. The standard InChI is InChI=1S/C22H30N6O/c29-22(15-3-4-15)27-18-7-5-17(6-8-18)26-20-13-16(9-11-23-20)19-14-25-28-12-2-1-10-24-21(19)28/h9,11,13-15,17-18,24H,1-8,10,12H2,(H,23,26)(H,27,29)/t17-,18-. The van der Waals surface area contributed by atoms with Gasteiger partial charge in [-0.15, -0.1) is 0 Å². The van der Waals surface area contributed by atoms with E-state index in [-0.39, 0.29) is 5.91 Å². The maximum Gasteiger partial charge on any atom is 0.223 e. The number of nitrogens with one attached hydrogen (secondary N) is 3. The summed E-state index contributed by atoms with van der Waals surface area (Å²) in [5.41, 5.74) is 2.28. The Morgan fingerprint density at radius 1 is 1.10 bits per heavy atom. The summed E-state index contributed by atoms with van der Waals surface area (Å²) in [6.45, 7) is 1.97. The molecule has 2 aromatic heterocycles. The molecule has 7 heteroatoms. The number of fused-ring (bicyclic) bond motifs is 1. The first-order chi connectivity index (χ1) is 14.3. The molecule has 29 heavy (non-hydrogen) atoms. The van der Waals surface area contributed by atoms with Crippen LogP contribution in [-0.2, 0) is 11.3 Å². The highest BCUT2D eigenvalue weighted by molar-refractivity contribution is 5.81. The first-order valence-electron chi connectivity index (χ1n) is 11.1. The molecule has 5 rings (SSSR count). The van der Waals surface area contributed by atoms with Crippen LogP contribution in [0.3, 0.4) is 0 Å². The SMILES string of the molecule is O=C(N[C@H]1CC[C@H](Nc2cc(-c3cnn4c3NCCCC4)ccn2)CC1)C1CC1. The number of rotatable bonds is 5. The van der Waals surface area contributed by atoms with E-state index in [1.54, 1.807) is 0 Å². The summed E-state index contributed by atoms with van der Waals surface area (Å²) in [6.07, 6.45) is 12.5. The van der Waals surface area contributed by atoms with Crippen LogP contribution >= 0.6 is 0 Å². The Morgan fingerprint density at radius 3 is 2.76 bits per heavy atom. The van der Waals surface area contributed by atoms with E-state index in [0.717, 1.165) is 80.8 Å². The largest absolute Gasteiger partial charge is 0.370 e. The fraction of sp³-hybridized carbons (Fsp3) is 0.591. The molecule has 3 N–H and O–H groups in total. The van der Waals surface area contributed by atoms with Gasteiger partial charge in [-0.1, -0.05) is 0 Å². The summed E-state index contributed by atoms with van der Waals surface area (Å²) in [5.74, 6) is 2.60. The van der Waals surface area contributed by atoms with Crippen molar-refractivity contribution in [2.75, 3.05) is 17.2 Å². The molecule has 1 amide bonds. The van der Waals surface area contributed by atoms with Crippen LogP contribution in [0.15, 0.2) is 24.5 Å². The summed E-state index contributed by atoms with van der Waals surface area (Å²) in [5, 5.41) is 14.9. The second-order valence-corrected chi connectivity index (χ2v) is 8.67. The van der Waals surface area contributed by atoms with Crippen LogP contribution in [-0.4, -0.2) is 39.3 Å². The number of amides is 1. The van der Waals surface area contributed by atoms with E-state index in [2.05, 4.69) is 42.8 Å². The minimum absolute atomic E-state index is 0.268. The third-order valence-electron chi connectivity index (χ3n) is 6.37. The van der Waals surface area contributed by atoms with Crippen LogP contribution in [0.5, 0.6) is 0 Å². The van der Waals surface area contributed by atoms with Crippen molar-refractivity contribution < 1.29 is 4.79 Å². The Bertz CT molecular complexity index is 866. The topological polar surface area (TPSA) is 83.9 Å². The first kappa shape index (κ1) is 18.5. The zero-order valence-corrected chi connectivity index (χ0v) is 16.9. The molecular weight excluding hydrogens is 364 g/mol. The van der Waals surface area contributed by atoms with Gasteiger partial charge in [0.1, 0.15) is 11.6 Å². The monoisotopic (exact) mass is 394 g/mol. The van der Waals surface area contributed by atoms with Gasteiger partial charge in [0, 0.05) is 42.9 Å². The number of carbonyl (C=O) groups excluding carboxylic acids is 1. The van der Waals surface area contributed by atoms with E-state index in [1.807, 2.05) is 12.4 Å². The van der Waals surface area contributed by atoms with Crippen molar-refractivity contribution in [3.63, 3.8) is 0 Å². The van der Waals surface area contributed by atoms with Crippen molar-refractivity contribution in [2.24, 2.45) is 5.92 Å². The molecule has 7 nitrogen and oxygen atoms in total. The van der Waals surface area contributed by atoms with Gasteiger partial charge in [-0.2, -0.15) is 5.10 Å². The Morgan fingerprint density at radius 2 is 1.93 bits per heavy atom. The van der Waals surface area contributed by atoms with Crippen LogP contribution in [0.1, 0.15) is 51.4 Å². The molecule has 0 bridgehead atoms. The van der Waals surface area contributed by atoms with E-state index in [0.29, 0.717) is 18.0 Å². The van der Waals surface area contributed by atoms with Crippen molar-refractivity contribution in [1.29, 1.82) is 0 Å². The zero-order valence-electron chi connectivity index (χ0n) is 16.9. The highest BCUT2D eigenvalue weighted by atomic mass is 16.2. The number of carbonyl (C=O) groups is 1. The fourth-order valence-corrected chi connectivity index (χ4v) is 4.48. The summed E-state index contributed by atoms with van der Waals surface area (Å²) in [6, 6.07) is 4.94. The molecule has 2 saturated carbocycles. The molecule has 154 valence electrons.